The van der Waals surface area contributed by atoms with Crippen LogP contribution in [0.15, 0.2) is 65.6 Å². The third-order valence-electron chi connectivity index (χ3n) is 6.08. The van der Waals surface area contributed by atoms with Crippen LogP contribution >= 0.6 is 0 Å². The number of esters is 1. The number of nitriles is 1. The first-order valence-corrected chi connectivity index (χ1v) is 12.8. The number of sulfonamides is 1. The molecule has 1 fully saturated rings. The second-order valence-electron chi connectivity index (χ2n) is 8.40. The number of ether oxygens (including phenoxy) is 3. The van der Waals surface area contributed by atoms with Crippen LogP contribution in [0.5, 0.6) is 11.5 Å². The highest BCUT2D eigenvalue weighted by molar-refractivity contribution is 7.89. The van der Waals surface area contributed by atoms with E-state index in [1.807, 2.05) is 12.1 Å². The van der Waals surface area contributed by atoms with Gasteiger partial charge in [-0.1, -0.05) is 30.3 Å². The molecule has 2 unspecified atom stereocenters. The molecule has 1 saturated heterocycles. The van der Waals surface area contributed by atoms with Gasteiger partial charge in [-0.05, 0) is 41.1 Å². The zero-order chi connectivity index (χ0) is 26.6. The number of benzene rings is 3. The molecular formula is C26H25N3O7S. The van der Waals surface area contributed by atoms with Gasteiger partial charge in [0.1, 0.15) is 17.5 Å². The largest absolute Gasteiger partial charge is 0.497 e. The van der Waals surface area contributed by atoms with Crippen molar-refractivity contribution in [1.82, 2.24) is 9.62 Å². The molecule has 3 aromatic carbocycles. The molecular weight excluding hydrogens is 498 g/mol. The molecule has 4 rings (SSSR count). The Balaban J connectivity index is 1.53. The van der Waals surface area contributed by atoms with E-state index in [9.17, 15) is 23.3 Å². The number of methoxy groups -OCH3 is 2. The monoisotopic (exact) mass is 523 g/mol. The molecule has 2 atom stereocenters. The van der Waals surface area contributed by atoms with Crippen LogP contribution in [-0.4, -0.2) is 58.6 Å². The van der Waals surface area contributed by atoms with E-state index in [-0.39, 0.29) is 24.6 Å². The Morgan fingerprint density at radius 3 is 2.59 bits per heavy atom. The molecule has 0 spiro atoms. The molecule has 1 aliphatic rings. The third-order valence-corrected chi connectivity index (χ3v) is 7.52. The van der Waals surface area contributed by atoms with Gasteiger partial charge in [-0.2, -0.15) is 9.98 Å². The fourth-order valence-corrected chi connectivity index (χ4v) is 5.37. The van der Waals surface area contributed by atoms with Crippen molar-refractivity contribution in [1.29, 1.82) is 5.26 Å². The number of nitrogens with one attached hydrogen (secondary N) is 1. The highest BCUT2D eigenvalue weighted by Gasteiger charge is 2.43. The number of fused-ring (bicyclic) bond motifs is 1. The van der Waals surface area contributed by atoms with Gasteiger partial charge in [-0.15, -0.1) is 0 Å². The summed E-state index contributed by atoms with van der Waals surface area (Å²) in [5.74, 6) is -1.02. The number of para-hydroxylation sites is 1. The standard InChI is InChI=1S/C26H25N3O7S/c1-34-21-9-7-17-8-10-22(12-19(17)11-21)37(32,33)28-25-20(13-27)15-29(26(25)31)14-18-5-3-4-6-23(18)36-16-24(30)35-2/h3-12,20,25,28H,14-16H2,1-2H3. The van der Waals surface area contributed by atoms with Gasteiger partial charge in [0.05, 0.1) is 31.1 Å². The molecule has 37 heavy (non-hydrogen) atoms. The molecule has 1 amide bonds. The van der Waals surface area contributed by atoms with E-state index in [1.165, 1.54) is 31.3 Å². The van der Waals surface area contributed by atoms with Crippen molar-refractivity contribution in [2.75, 3.05) is 27.4 Å². The lowest BCUT2D eigenvalue weighted by Gasteiger charge is -2.19. The predicted octanol–water partition coefficient (Wildman–Crippen LogP) is 2.23. The van der Waals surface area contributed by atoms with Crippen LogP contribution in [0.2, 0.25) is 0 Å². The molecule has 0 aromatic heterocycles. The van der Waals surface area contributed by atoms with Crippen LogP contribution < -0.4 is 14.2 Å². The number of hydrogen-bond acceptors (Lipinski definition) is 8. The van der Waals surface area contributed by atoms with Crippen molar-refractivity contribution < 1.29 is 32.2 Å². The molecule has 0 aliphatic carbocycles. The molecule has 0 radical (unpaired) electrons. The summed E-state index contributed by atoms with van der Waals surface area (Å²) >= 11 is 0. The van der Waals surface area contributed by atoms with E-state index in [4.69, 9.17) is 9.47 Å². The van der Waals surface area contributed by atoms with Gasteiger partial charge < -0.3 is 19.1 Å². The van der Waals surface area contributed by atoms with E-state index in [2.05, 4.69) is 9.46 Å². The zero-order valence-corrected chi connectivity index (χ0v) is 21.0. The van der Waals surface area contributed by atoms with Gasteiger partial charge in [-0.3, -0.25) is 4.79 Å². The van der Waals surface area contributed by atoms with E-state index >= 15 is 0 Å². The topological polar surface area (TPSA) is 135 Å². The van der Waals surface area contributed by atoms with Crippen LogP contribution in [0.25, 0.3) is 10.8 Å². The number of amides is 1. The van der Waals surface area contributed by atoms with Gasteiger partial charge in [0.15, 0.2) is 6.61 Å². The molecule has 10 nitrogen and oxygen atoms in total. The van der Waals surface area contributed by atoms with Crippen LogP contribution in [0.4, 0.5) is 0 Å². The highest BCUT2D eigenvalue weighted by atomic mass is 32.2. The van der Waals surface area contributed by atoms with Gasteiger partial charge in [-0.25, -0.2) is 13.2 Å². The lowest BCUT2D eigenvalue weighted by Crippen LogP contribution is -2.43. The molecule has 11 heteroatoms. The highest BCUT2D eigenvalue weighted by Crippen LogP contribution is 2.28. The Kier molecular flexibility index (Phi) is 7.61. The summed E-state index contributed by atoms with van der Waals surface area (Å²) in [4.78, 5) is 26.0. The van der Waals surface area contributed by atoms with Crippen LogP contribution in [-0.2, 0) is 30.9 Å². The Labute approximate surface area is 214 Å². The summed E-state index contributed by atoms with van der Waals surface area (Å²) in [5, 5.41) is 11.2. The minimum atomic E-state index is -4.12. The van der Waals surface area contributed by atoms with Crippen LogP contribution in [0.3, 0.4) is 0 Å². The molecule has 1 heterocycles. The lowest BCUT2D eigenvalue weighted by molar-refractivity contribution is -0.143. The number of likely N-dealkylation sites (tertiary alicyclic amines) is 1. The van der Waals surface area contributed by atoms with E-state index in [0.717, 1.165) is 5.39 Å². The molecule has 1 aliphatic heterocycles. The van der Waals surface area contributed by atoms with Crippen LogP contribution in [0, 0.1) is 17.2 Å². The molecule has 192 valence electrons. The van der Waals surface area contributed by atoms with E-state index in [0.29, 0.717) is 22.4 Å². The maximum Gasteiger partial charge on any atom is 0.343 e. The Hall–Kier alpha value is -4.14. The minimum absolute atomic E-state index is 0.0299. The Bertz CT molecular complexity index is 1480. The summed E-state index contributed by atoms with van der Waals surface area (Å²) in [6, 6.07) is 17.5. The molecule has 0 saturated carbocycles. The van der Waals surface area contributed by atoms with Crippen molar-refractivity contribution in [3.8, 4) is 17.6 Å². The molecule has 1 N–H and O–H groups in total. The first-order valence-electron chi connectivity index (χ1n) is 11.3. The summed E-state index contributed by atoms with van der Waals surface area (Å²) in [6.07, 6.45) is 0. The average molecular weight is 524 g/mol. The number of rotatable bonds is 9. The predicted molar refractivity (Wildman–Crippen MR) is 133 cm³/mol. The molecule has 0 bridgehead atoms. The first kappa shape index (κ1) is 25.9. The smallest absolute Gasteiger partial charge is 0.343 e. The normalized spacial score (nSPS) is 17.4. The summed E-state index contributed by atoms with van der Waals surface area (Å²) in [7, 11) is -1.35. The number of hydrogen-bond donors (Lipinski definition) is 1. The summed E-state index contributed by atoms with van der Waals surface area (Å²) < 4.78 is 44.1. The molecule has 3 aromatic rings. The fourth-order valence-electron chi connectivity index (χ4n) is 4.10. The van der Waals surface area contributed by atoms with Gasteiger partial charge >= 0.3 is 5.97 Å². The second-order valence-corrected chi connectivity index (χ2v) is 10.1. The SMILES string of the molecule is COC(=O)COc1ccccc1CN1CC(C#N)C(NS(=O)(=O)c2ccc3ccc(OC)cc3c2)C1=O. The van der Waals surface area contributed by atoms with Gasteiger partial charge in [0.25, 0.3) is 0 Å². The minimum Gasteiger partial charge on any atom is -0.497 e. The van der Waals surface area contributed by atoms with Crippen LogP contribution in [0.1, 0.15) is 5.56 Å². The van der Waals surface area contributed by atoms with Crippen molar-refractivity contribution in [3.63, 3.8) is 0 Å². The van der Waals surface area contributed by atoms with Crippen molar-refractivity contribution in [2.45, 2.75) is 17.5 Å². The van der Waals surface area contributed by atoms with E-state index in [1.54, 1.807) is 42.5 Å². The maximum atomic E-state index is 13.2. The first-order chi connectivity index (χ1) is 17.7. The van der Waals surface area contributed by atoms with E-state index < -0.39 is 33.9 Å². The van der Waals surface area contributed by atoms with Crippen molar-refractivity contribution in [3.05, 3.63) is 66.2 Å². The third kappa shape index (κ3) is 5.66. The van der Waals surface area contributed by atoms with Gasteiger partial charge in [0.2, 0.25) is 15.9 Å². The second kappa shape index (κ2) is 10.9. The van der Waals surface area contributed by atoms with Crippen molar-refractivity contribution >= 4 is 32.7 Å². The Morgan fingerprint density at radius 2 is 1.86 bits per heavy atom. The fraction of sp³-hybridized carbons (Fsp3) is 0.269. The summed E-state index contributed by atoms with van der Waals surface area (Å²) in [6.45, 7) is -0.201. The number of carbonyl (C=O) groups excluding carboxylic acids is 2. The van der Waals surface area contributed by atoms with Crippen molar-refractivity contribution in [2.24, 2.45) is 5.92 Å². The maximum absolute atomic E-state index is 13.2. The number of nitrogens with zero attached hydrogens (tertiary/aromatic N) is 2. The average Bonchev–Trinajstić information content (AvgIpc) is 3.20. The Morgan fingerprint density at radius 1 is 1.11 bits per heavy atom. The number of carbonyl (C=O) groups is 2. The zero-order valence-electron chi connectivity index (χ0n) is 20.2. The lowest BCUT2D eigenvalue weighted by atomic mass is 10.1. The van der Waals surface area contributed by atoms with Gasteiger partial charge in [0, 0.05) is 18.7 Å². The quantitative estimate of drug-likeness (QED) is 0.422. The summed E-state index contributed by atoms with van der Waals surface area (Å²) in [5.41, 5.74) is 0.600.